The number of pyridine rings is 1. The molecule has 128 valence electrons. The number of aromatic nitrogens is 1. The van der Waals surface area contributed by atoms with Crippen LogP contribution in [-0.4, -0.2) is 11.6 Å². The van der Waals surface area contributed by atoms with E-state index in [0.29, 0.717) is 11.6 Å². The van der Waals surface area contributed by atoms with Crippen molar-refractivity contribution in [1.29, 1.82) is 0 Å². The Morgan fingerprint density at radius 1 is 0.846 bits per heavy atom. The molecule has 3 heteroatoms. The highest BCUT2D eigenvalue weighted by Crippen LogP contribution is 2.33. The number of fused-ring (bicyclic) bond motifs is 1. The van der Waals surface area contributed by atoms with E-state index >= 15 is 0 Å². The molecule has 0 bridgehead atoms. The number of nitrogens with zero attached hydrogens (tertiary/aromatic N) is 1. The summed E-state index contributed by atoms with van der Waals surface area (Å²) in [6.45, 7) is 2.64. The van der Waals surface area contributed by atoms with E-state index in [1.54, 1.807) is 0 Å². The van der Waals surface area contributed by atoms with Gasteiger partial charge in [0.05, 0.1) is 17.8 Å². The van der Waals surface area contributed by atoms with Gasteiger partial charge in [0.1, 0.15) is 5.75 Å². The van der Waals surface area contributed by atoms with E-state index in [2.05, 4.69) is 18.2 Å². The van der Waals surface area contributed by atoms with Gasteiger partial charge >= 0.3 is 0 Å². The number of ether oxygens (including phenoxy) is 1. The molecule has 0 fully saturated rings. The average molecular weight is 360 g/mol. The summed E-state index contributed by atoms with van der Waals surface area (Å²) in [4.78, 5) is 4.85. The van der Waals surface area contributed by atoms with Crippen molar-refractivity contribution >= 4 is 22.5 Å². The predicted molar refractivity (Wildman–Crippen MR) is 109 cm³/mol. The molecule has 4 aromatic rings. The van der Waals surface area contributed by atoms with Gasteiger partial charge < -0.3 is 4.74 Å². The van der Waals surface area contributed by atoms with E-state index in [9.17, 15) is 0 Å². The molecule has 0 saturated heterocycles. The van der Waals surface area contributed by atoms with Crippen molar-refractivity contribution in [1.82, 2.24) is 4.98 Å². The van der Waals surface area contributed by atoms with Gasteiger partial charge in [-0.3, -0.25) is 0 Å². The van der Waals surface area contributed by atoms with Crippen LogP contribution in [0.2, 0.25) is 5.02 Å². The molecule has 2 nitrogen and oxygen atoms in total. The Morgan fingerprint density at radius 2 is 1.62 bits per heavy atom. The van der Waals surface area contributed by atoms with E-state index in [-0.39, 0.29) is 0 Å². The third-order valence-electron chi connectivity index (χ3n) is 4.32. The van der Waals surface area contributed by atoms with Crippen LogP contribution < -0.4 is 4.74 Å². The first-order chi connectivity index (χ1) is 12.7. The quantitative estimate of drug-likeness (QED) is 0.408. The summed E-state index contributed by atoms with van der Waals surface area (Å²) < 4.78 is 5.54. The molecule has 0 spiro atoms. The molecule has 0 radical (unpaired) electrons. The Bertz CT molecular complexity index is 1040. The number of halogens is 1. The van der Waals surface area contributed by atoms with Crippen LogP contribution in [0.4, 0.5) is 0 Å². The second kappa shape index (κ2) is 7.19. The molecule has 1 aromatic heterocycles. The summed E-state index contributed by atoms with van der Waals surface area (Å²) in [6.07, 6.45) is 0. The van der Waals surface area contributed by atoms with Gasteiger partial charge in [-0.25, -0.2) is 4.98 Å². The number of rotatable bonds is 4. The highest BCUT2D eigenvalue weighted by molar-refractivity contribution is 6.31. The summed E-state index contributed by atoms with van der Waals surface area (Å²) in [5, 5.41) is 1.77. The highest BCUT2D eigenvalue weighted by atomic mass is 35.5. The summed E-state index contributed by atoms with van der Waals surface area (Å²) in [7, 11) is 0. The Kier molecular flexibility index (Phi) is 4.59. The van der Waals surface area contributed by atoms with Crippen molar-refractivity contribution in [3.05, 3.63) is 83.9 Å². The Morgan fingerprint density at radius 3 is 2.35 bits per heavy atom. The fourth-order valence-corrected chi connectivity index (χ4v) is 3.26. The molecule has 26 heavy (non-hydrogen) atoms. The van der Waals surface area contributed by atoms with Crippen molar-refractivity contribution in [3.8, 4) is 28.1 Å². The Labute approximate surface area is 158 Å². The second-order valence-corrected chi connectivity index (χ2v) is 6.48. The number of hydrogen-bond acceptors (Lipinski definition) is 2. The van der Waals surface area contributed by atoms with Gasteiger partial charge in [0.25, 0.3) is 0 Å². The van der Waals surface area contributed by atoms with Gasteiger partial charge in [-0.05, 0) is 66.6 Å². The van der Waals surface area contributed by atoms with E-state index in [4.69, 9.17) is 21.3 Å². The van der Waals surface area contributed by atoms with Crippen LogP contribution in [0.3, 0.4) is 0 Å². The van der Waals surface area contributed by atoms with E-state index < -0.39 is 0 Å². The molecule has 0 atom stereocenters. The smallest absolute Gasteiger partial charge is 0.119 e. The lowest BCUT2D eigenvalue weighted by atomic mass is 9.98. The molecule has 0 aliphatic rings. The molecule has 3 aromatic carbocycles. The number of benzene rings is 3. The molecule has 1 heterocycles. The first-order valence-electron chi connectivity index (χ1n) is 8.63. The van der Waals surface area contributed by atoms with Crippen LogP contribution in [0.25, 0.3) is 33.3 Å². The maximum absolute atomic E-state index is 6.24. The van der Waals surface area contributed by atoms with Crippen molar-refractivity contribution < 1.29 is 4.74 Å². The summed E-state index contributed by atoms with van der Waals surface area (Å²) in [5.74, 6) is 0.868. The minimum absolute atomic E-state index is 0.659. The minimum Gasteiger partial charge on any atom is -0.494 e. The van der Waals surface area contributed by atoms with Crippen molar-refractivity contribution in [2.24, 2.45) is 0 Å². The first-order valence-corrected chi connectivity index (χ1v) is 9.01. The van der Waals surface area contributed by atoms with E-state index in [0.717, 1.165) is 39.0 Å². The molecule has 0 saturated carbocycles. The van der Waals surface area contributed by atoms with Crippen LogP contribution >= 0.6 is 11.6 Å². The van der Waals surface area contributed by atoms with E-state index in [1.807, 2.05) is 67.6 Å². The number of hydrogen-bond donors (Lipinski definition) is 0. The van der Waals surface area contributed by atoms with Gasteiger partial charge in [0.15, 0.2) is 0 Å². The van der Waals surface area contributed by atoms with Gasteiger partial charge in [-0.1, -0.05) is 41.9 Å². The monoisotopic (exact) mass is 359 g/mol. The summed E-state index contributed by atoms with van der Waals surface area (Å²) >= 11 is 6.24. The van der Waals surface area contributed by atoms with Gasteiger partial charge in [0, 0.05) is 16.0 Å². The molecule has 0 aliphatic heterocycles. The van der Waals surface area contributed by atoms with Crippen molar-refractivity contribution in [2.45, 2.75) is 6.92 Å². The molecular formula is C23H18ClNO. The second-order valence-electron chi connectivity index (χ2n) is 6.04. The van der Waals surface area contributed by atoms with Crippen LogP contribution in [0.5, 0.6) is 5.75 Å². The topological polar surface area (TPSA) is 22.1 Å². The fraction of sp³-hybridized carbons (Fsp3) is 0.0870. The SMILES string of the molecule is CCOc1ccc(-c2cc(-c3ccccc3)c3cc(Cl)ccc3n2)cc1. The Balaban J connectivity index is 1.90. The maximum Gasteiger partial charge on any atom is 0.119 e. The molecule has 0 amide bonds. The lowest BCUT2D eigenvalue weighted by molar-refractivity contribution is 0.340. The van der Waals surface area contributed by atoms with Gasteiger partial charge in [-0.2, -0.15) is 0 Å². The fourth-order valence-electron chi connectivity index (χ4n) is 3.09. The van der Waals surface area contributed by atoms with Crippen LogP contribution in [0.15, 0.2) is 78.9 Å². The van der Waals surface area contributed by atoms with Crippen molar-refractivity contribution in [2.75, 3.05) is 6.61 Å². The largest absolute Gasteiger partial charge is 0.494 e. The third kappa shape index (κ3) is 3.29. The zero-order valence-corrected chi connectivity index (χ0v) is 15.2. The van der Waals surface area contributed by atoms with Crippen LogP contribution in [-0.2, 0) is 0 Å². The molecular weight excluding hydrogens is 342 g/mol. The lowest BCUT2D eigenvalue weighted by Crippen LogP contribution is -1.92. The zero-order valence-electron chi connectivity index (χ0n) is 14.4. The summed E-state index contributed by atoms with van der Waals surface area (Å²) in [6, 6.07) is 26.3. The highest BCUT2D eigenvalue weighted by Gasteiger charge is 2.10. The molecule has 0 unspecified atom stereocenters. The van der Waals surface area contributed by atoms with E-state index in [1.165, 1.54) is 0 Å². The van der Waals surface area contributed by atoms with Crippen molar-refractivity contribution in [3.63, 3.8) is 0 Å². The van der Waals surface area contributed by atoms with Gasteiger partial charge in [0.2, 0.25) is 0 Å². The zero-order chi connectivity index (χ0) is 17.9. The lowest BCUT2D eigenvalue weighted by Gasteiger charge is -2.11. The average Bonchev–Trinajstić information content (AvgIpc) is 2.69. The Hall–Kier alpha value is -2.84. The van der Waals surface area contributed by atoms with Gasteiger partial charge in [-0.15, -0.1) is 0 Å². The molecule has 0 aliphatic carbocycles. The molecule has 4 rings (SSSR count). The normalized spacial score (nSPS) is 10.8. The summed E-state index contributed by atoms with van der Waals surface area (Å²) in [5.41, 5.74) is 5.19. The van der Waals surface area contributed by atoms with Crippen LogP contribution in [0, 0.1) is 0 Å². The predicted octanol–water partition coefficient (Wildman–Crippen LogP) is 6.62. The minimum atomic E-state index is 0.659. The van der Waals surface area contributed by atoms with Crippen LogP contribution in [0.1, 0.15) is 6.92 Å². The first kappa shape index (κ1) is 16.6. The molecule has 0 N–H and O–H groups in total. The third-order valence-corrected chi connectivity index (χ3v) is 4.55. The maximum atomic E-state index is 6.24. The standard InChI is InChI=1S/C23H18ClNO/c1-2-26-19-11-8-17(9-12-19)23-15-20(16-6-4-3-5-7-16)21-14-18(24)10-13-22(21)25-23/h3-15H,2H2,1H3.